The lowest BCUT2D eigenvalue weighted by atomic mass is 10.2. The minimum atomic E-state index is -0.136. The highest BCUT2D eigenvalue weighted by molar-refractivity contribution is 5.97. The van der Waals surface area contributed by atoms with Crippen LogP contribution < -0.4 is 11.1 Å². The molecule has 64 valence electrons. The molecule has 1 amide bonds. The van der Waals surface area contributed by atoms with Gasteiger partial charge in [0.05, 0.1) is 17.9 Å². The number of anilines is 1. The van der Waals surface area contributed by atoms with Crippen molar-refractivity contribution in [3.8, 4) is 0 Å². The molecule has 1 aliphatic heterocycles. The smallest absolute Gasteiger partial charge is 0.271 e. The molecule has 1 aromatic rings. The van der Waals surface area contributed by atoms with Crippen LogP contribution in [0.5, 0.6) is 0 Å². The molecular weight excluding hydrogens is 156 g/mol. The Bertz CT molecular complexity index is 330. The van der Waals surface area contributed by atoms with Crippen LogP contribution in [0.2, 0.25) is 0 Å². The van der Waals surface area contributed by atoms with Crippen molar-refractivity contribution in [1.29, 1.82) is 0 Å². The van der Waals surface area contributed by atoms with E-state index in [-0.39, 0.29) is 11.9 Å². The Balaban J connectivity index is 2.57. The number of aromatic nitrogens is 2. The fourth-order valence-electron chi connectivity index (χ4n) is 1.36. The average molecular weight is 166 g/mol. The topological polar surface area (TPSA) is 72.9 Å². The number of amides is 1. The average Bonchev–Trinajstić information content (AvgIpc) is 2.42. The van der Waals surface area contributed by atoms with E-state index in [1.54, 1.807) is 4.68 Å². The first-order chi connectivity index (χ1) is 5.70. The normalized spacial score (nSPS) is 21.8. The summed E-state index contributed by atoms with van der Waals surface area (Å²) in [4.78, 5) is 11.3. The molecule has 1 aliphatic rings. The Morgan fingerprint density at radius 3 is 3.25 bits per heavy atom. The molecule has 0 aliphatic carbocycles. The maximum atomic E-state index is 11.3. The molecule has 5 heteroatoms. The largest absolute Gasteiger partial charge is 0.396 e. The van der Waals surface area contributed by atoms with Crippen LogP contribution in [0.1, 0.15) is 23.5 Å². The molecule has 3 N–H and O–H groups in total. The van der Waals surface area contributed by atoms with Crippen LogP contribution in [0.25, 0.3) is 0 Å². The summed E-state index contributed by atoms with van der Waals surface area (Å²) in [6, 6.07) is 0.190. The van der Waals surface area contributed by atoms with Gasteiger partial charge >= 0.3 is 0 Å². The summed E-state index contributed by atoms with van der Waals surface area (Å²) in [5.41, 5.74) is 6.49. The summed E-state index contributed by atoms with van der Waals surface area (Å²) in [5, 5.41) is 6.75. The second-order valence-corrected chi connectivity index (χ2v) is 2.95. The number of nitrogens with one attached hydrogen (secondary N) is 1. The van der Waals surface area contributed by atoms with Gasteiger partial charge in [-0.25, -0.2) is 0 Å². The predicted molar refractivity (Wildman–Crippen MR) is 43.7 cm³/mol. The lowest BCUT2D eigenvalue weighted by Crippen LogP contribution is -2.38. The van der Waals surface area contributed by atoms with Crippen LogP contribution in [-0.4, -0.2) is 22.2 Å². The summed E-state index contributed by atoms with van der Waals surface area (Å²) < 4.78 is 1.66. The van der Waals surface area contributed by atoms with Gasteiger partial charge in [0.2, 0.25) is 0 Å². The molecule has 0 saturated carbocycles. The number of nitrogens with two attached hydrogens (primary N) is 1. The summed E-state index contributed by atoms with van der Waals surface area (Å²) in [5.74, 6) is -0.136. The van der Waals surface area contributed by atoms with Crippen molar-refractivity contribution in [1.82, 2.24) is 15.1 Å². The number of rotatable bonds is 0. The molecule has 0 unspecified atom stereocenters. The number of hydrogen-bond donors (Lipinski definition) is 2. The first kappa shape index (κ1) is 7.15. The zero-order valence-electron chi connectivity index (χ0n) is 6.74. The number of hydrogen-bond acceptors (Lipinski definition) is 3. The molecular formula is C7H10N4O. The molecule has 5 nitrogen and oxygen atoms in total. The van der Waals surface area contributed by atoms with Crippen LogP contribution in [-0.2, 0) is 0 Å². The molecule has 2 rings (SSSR count). The maximum absolute atomic E-state index is 11.3. The zero-order chi connectivity index (χ0) is 8.72. The van der Waals surface area contributed by atoms with Gasteiger partial charge in [0.15, 0.2) is 0 Å². The lowest BCUT2D eigenvalue weighted by Gasteiger charge is -2.21. The molecule has 1 atom stereocenters. The van der Waals surface area contributed by atoms with Gasteiger partial charge in [-0.2, -0.15) is 5.10 Å². The van der Waals surface area contributed by atoms with E-state index in [9.17, 15) is 4.79 Å². The fourth-order valence-corrected chi connectivity index (χ4v) is 1.36. The van der Waals surface area contributed by atoms with E-state index < -0.39 is 0 Å². The number of nitrogen functional groups attached to an aromatic ring is 1. The molecule has 12 heavy (non-hydrogen) atoms. The van der Waals surface area contributed by atoms with E-state index in [4.69, 9.17) is 5.73 Å². The van der Waals surface area contributed by atoms with Gasteiger partial charge < -0.3 is 11.1 Å². The van der Waals surface area contributed by atoms with E-state index in [1.807, 2.05) is 6.92 Å². The predicted octanol–water partition coefficient (Wildman–Crippen LogP) is -0.230. The van der Waals surface area contributed by atoms with Crippen molar-refractivity contribution in [2.45, 2.75) is 13.0 Å². The van der Waals surface area contributed by atoms with Gasteiger partial charge in [0.1, 0.15) is 5.69 Å². The molecule has 0 bridgehead atoms. The van der Waals surface area contributed by atoms with E-state index in [1.165, 1.54) is 6.20 Å². The highest BCUT2D eigenvalue weighted by Gasteiger charge is 2.24. The van der Waals surface area contributed by atoms with E-state index >= 15 is 0 Å². The van der Waals surface area contributed by atoms with Gasteiger partial charge in [-0.05, 0) is 6.92 Å². The molecule has 1 aromatic heterocycles. The first-order valence-electron chi connectivity index (χ1n) is 3.81. The Labute approximate surface area is 69.5 Å². The molecule has 0 fully saturated rings. The van der Waals surface area contributed by atoms with Gasteiger partial charge in [0.25, 0.3) is 5.91 Å². The third-order valence-corrected chi connectivity index (χ3v) is 2.01. The number of carbonyl (C=O) groups excluding carboxylic acids is 1. The van der Waals surface area contributed by atoms with E-state index in [0.29, 0.717) is 17.9 Å². The van der Waals surface area contributed by atoms with Gasteiger partial charge in [0, 0.05) is 6.54 Å². The molecule has 0 spiro atoms. The van der Waals surface area contributed by atoms with Gasteiger partial charge in [-0.15, -0.1) is 0 Å². The number of fused-ring (bicyclic) bond motifs is 1. The highest BCUT2D eigenvalue weighted by atomic mass is 16.2. The second kappa shape index (κ2) is 2.23. The SMILES string of the molecule is C[C@@H]1CNC(=O)c2c(N)cnn21. The Morgan fingerprint density at radius 2 is 2.58 bits per heavy atom. The van der Waals surface area contributed by atoms with Crippen molar-refractivity contribution < 1.29 is 4.79 Å². The minimum Gasteiger partial charge on any atom is -0.396 e. The Kier molecular flexibility index (Phi) is 1.33. The van der Waals surface area contributed by atoms with Crippen LogP contribution in [0, 0.1) is 0 Å². The Morgan fingerprint density at radius 1 is 1.83 bits per heavy atom. The summed E-state index contributed by atoms with van der Waals surface area (Å²) >= 11 is 0. The van der Waals surface area contributed by atoms with Crippen LogP contribution in [0.3, 0.4) is 0 Å². The molecule has 0 radical (unpaired) electrons. The first-order valence-corrected chi connectivity index (χ1v) is 3.81. The zero-order valence-corrected chi connectivity index (χ0v) is 6.74. The van der Waals surface area contributed by atoms with Gasteiger partial charge in [-0.1, -0.05) is 0 Å². The molecule has 0 saturated heterocycles. The van der Waals surface area contributed by atoms with E-state index in [2.05, 4.69) is 10.4 Å². The molecule has 2 heterocycles. The monoisotopic (exact) mass is 166 g/mol. The van der Waals surface area contributed by atoms with Crippen molar-refractivity contribution in [2.24, 2.45) is 0 Å². The summed E-state index contributed by atoms with van der Waals surface area (Å²) in [6.45, 7) is 2.60. The van der Waals surface area contributed by atoms with Crippen molar-refractivity contribution in [3.63, 3.8) is 0 Å². The van der Waals surface area contributed by atoms with Crippen LogP contribution >= 0.6 is 0 Å². The van der Waals surface area contributed by atoms with Gasteiger partial charge in [-0.3, -0.25) is 9.48 Å². The minimum absolute atomic E-state index is 0.136. The van der Waals surface area contributed by atoms with Crippen LogP contribution in [0.15, 0.2) is 6.20 Å². The van der Waals surface area contributed by atoms with Crippen LogP contribution in [0.4, 0.5) is 5.69 Å². The standard InChI is InChI=1S/C7H10N4O/c1-4-2-9-7(12)6-5(8)3-10-11(4)6/h3-4H,2,8H2,1H3,(H,9,12)/t4-/m1/s1. The van der Waals surface area contributed by atoms with Crippen molar-refractivity contribution >= 4 is 11.6 Å². The third-order valence-electron chi connectivity index (χ3n) is 2.01. The fraction of sp³-hybridized carbons (Fsp3) is 0.429. The van der Waals surface area contributed by atoms with Crippen molar-refractivity contribution in [3.05, 3.63) is 11.9 Å². The summed E-state index contributed by atoms with van der Waals surface area (Å²) in [6.07, 6.45) is 1.51. The maximum Gasteiger partial charge on any atom is 0.271 e. The number of carbonyl (C=O) groups is 1. The molecule has 0 aromatic carbocycles. The lowest BCUT2D eigenvalue weighted by molar-refractivity contribution is 0.0914. The van der Waals surface area contributed by atoms with E-state index in [0.717, 1.165) is 0 Å². The third kappa shape index (κ3) is 0.792. The Hall–Kier alpha value is -1.52. The second-order valence-electron chi connectivity index (χ2n) is 2.95. The number of nitrogens with zero attached hydrogens (tertiary/aromatic N) is 2. The summed E-state index contributed by atoms with van der Waals surface area (Å²) in [7, 11) is 0. The van der Waals surface area contributed by atoms with Crippen molar-refractivity contribution in [2.75, 3.05) is 12.3 Å². The highest BCUT2D eigenvalue weighted by Crippen LogP contribution is 2.18. The quantitative estimate of drug-likeness (QED) is 0.559.